The summed E-state index contributed by atoms with van der Waals surface area (Å²) < 4.78 is 13.6. The Kier molecular flexibility index (Phi) is 5.35. The standard InChI is InChI=1S/C16H22FN3O2/c1-12(2)18-16(22)20-9-7-19(8-10-20)15(21)11-13-5-3-4-6-14(13)17/h3-6,12H,7-11H2,1-2H3,(H,18,22). The van der Waals surface area contributed by atoms with E-state index in [-0.39, 0.29) is 30.2 Å². The van der Waals surface area contributed by atoms with E-state index in [0.29, 0.717) is 31.7 Å². The molecular formula is C16H22FN3O2. The number of carbonyl (C=O) groups is 2. The number of urea groups is 1. The summed E-state index contributed by atoms with van der Waals surface area (Å²) in [6.45, 7) is 5.79. The monoisotopic (exact) mass is 307 g/mol. The number of hydrogen-bond donors (Lipinski definition) is 1. The molecule has 0 unspecified atom stereocenters. The first-order valence-electron chi connectivity index (χ1n) is 7.54. The maximum absolute atomic E-state index is 13.6. The summed E-state index contributed by atoms with van der Waals surface area (Å²) >= 11 is 0. The van der Waals surface area contributed by atoms with Crippen LogP contribution in [0.3, 0.4) is 0 Å². The normalized spacial score (nSPS) is 15.1. The lowest BCUT2D eigenvalue weighted by Gasteiger charge is -2.35. The zero-order chi connectivity index (χ0) is 16.1. The van der Waals surface area contributed by atoms with Gasteiger partial charge in [-0.25, -0.2) is 9.18 Å². The largest absolute Gasteiger partial charge is 0.339 e. The molecule has 1 heterocycles. The number of carbonyl (C=O) groups excluding carboxylic acids is 2. The predicted octanol–water partition coefficient (Wildman–Crippen LogP) is 1.63. The van der Waals surface area contributed by atoms with Gasteiger partial charge in [0.2, 0.25) is 5.91 Å². The number of nitrogens with one attached hydrogen (secondary N) is 1. The van der Waals surface area contributed by atoms with Crippen molar-refractivity contribution < 1.29 is 14.0 Å². The zero-order valence-corrected chi connectivity index (χ0v) is 13.0. The molecule has 5 nitrogen and oxygen atoms in total. The molecule has 6 heteroatoms. The summed E-state index contributed by atoms with van der Waals surface area (Å²) in [6, 6.07) is 6.30. The fourth-order valence-corrected chi connectivity index (χ4v) is 2.41. The molecule has 1 aromatic carbocycles. The lowest BCUT2D eigenvalue weighted by Crippen LogP contribution is -2.54. The Morgan fingerprint density at radius 3 is 2.32 bits per heavy atom. The SMILES string of the molecule is CC(C)NC(=O)N1CCN(C(=O)Cc2ccccc2F)CC1. The number of piperazine rings is 1. The smallest absolute Gasteiger partial charge is 0.317 e. The molecule has 1 aliphatic heterocycles. The number of halogens is 1. The second-order valence-corrected chi connectivity index (χ2v) is 5.74. The lowest BCUT2D eigenvalue weighted by atomic mass is 10.1. The highest BCUT2D eigenvalue weighted by Crippen LogP contribution is 2.10. The summed E-state index contributed by atoms with van der Waals surface area (Å²) in [5.41, 5.74) is 0.410. The summed E-state index contributed by atoms with van der Waals surface area (Å²) in [6.07, 6.45) is 0.0604. The van der Waals surface area contributed by atoms with Crippen molar-refractivity contribution in [2.75, 3.05) is 26.2 Å². The molecule has 2 rings (SSSR count). The summed E-state index contributed by atoms with van der Waals surface area (Å²) in [5.74, 6) is -0.459. The Balaban J connectivity index is 1.85. The molecule has 3 amide bonds. The van der Waals surface area contributed by atoms with Crippen LogP contribution in [0.1, 0.15) is 19.4 Å². The predicted molar refractivity (Wildman–Crippen MR) is 81.9 cm³/mol. The highest BCUT2D eigenvalue weighted by molar-refractivity contribution is 5.79. The molecule has 1 aliphatic rings. The number of hydrogen-bond acceptors (Lipinski definition) is 2. The average Bonchev–Trinajstić information content (AvgIpc) is 2.49. The maximum atomic E-state index is 13.6. The zero-order valence-electron chi connectivity index (χ0n) is 13.0. The van der Waals surface area contributed by atoms with E-state index >= 15 is 0 Å². The van der Waals surface area contributed by atoms with Crippen LogP contribution in [-0.4, -0.2) is 54.0 Å². The summed E-state index contributed by atoms with van der Waals surface area (Å²) in [7, 11) is 0. The molecule has 22 heavy (non-hydrogen) atoms. The van der Waals surface area contributed by atoms with Gasteiger partial charge in [0.15, 0.2) is 0 Å². The van der Waals surface area contributed by atoms with E-state index < -0.39 is 0 Å². The molecule has 1 fully saturated rings. The van der Waals surface area contributed by atoms with Crippen molar-refractivity contribution in [1.82, 2.24) is 15.1 Å². The van der Waals surface area contributed by atoms with Crippen molar-refractivity contribution in [1.29, 1.82) is 0 Å². The molecule has 0 aromatic heterocycles. The van der Waals surface area contributed by atoms with Gasteiger partial charge >= 0.3 is 6.03 Å². The number of nitrogens with zero attached hydrogens (tertiary/aromatic N) is 2. The maximum Gasteiger partial charge on any atom is 0.317 e. The quantitative estimate of drug-likeness (QED) is 0.923. The van der Waals surface area contributed by atoms with Crippen molar-refractivity contribution in [3.8, 4) is 0 Å². The first kappa shape index (κ1) is 16.3. The van der Waals surface area contributed by atoms with Gasteiger partial charge in [-0.2, -0.15) is 0 Å². The van der Waals surface area contributed by atoms with Gasteiger partial charge in [-0.05, 0) is 25.5 Å². The van der Waals surface area contributed by atoms with Crippen LogP contribution in [0.4, 0.5) is 9.18 Å². The second kappa shape index (κ2) is 7.24. The van der Waals surface area contributed by atoms with Gasteiger partial charge in [-0.3, -0.25) is 4.79 Å². The molecule has 0 aliphatic carbocycles. The van der Waals surface area contributed by atoms with Crippen molar-refractivity contribution in [3.05, 3.63) is 35.6 Å². The first-order chi connectivity index (χ1) is 10.5. The summed E-state index contributed by atoms with van der Waals surface area (Å²) in [5, 5.41) is 2.84. The van der Waals surface area contributed by atoms with Gasteiger partial charge in [0.05, 0.1) is 6.42 Å². The van der Waals surface area contributed by atoms with E-state index in [1.807, 2.05) is 13.8 Å². The Morgan fingerprint density at radius 2 is 1.73 bits per heavy atom. The minimum atomic E-state index is -0.356. The molecule has 120 valence electrons. The van der Waals surface area contributed by atoms with Crippen LogP contribution in [0.15, 0.2) is 24.3 Å². The van der Waals surface area contributed by atoms with Crippen LogP contribution < -0.4 is 5.32 Å². The van der Waals surface area contributed by atoms with E-state index in [2.05, 4.69) is 5.32 Å². The Morgan fingerprint density at radius 1 is 1.14 bits per heavy atom. The van der Waals surface area contributed by atoms with E-state index in [1.165, 1.54) is 6.07 Å². The third-order valence-corrected chi connectivity index (χ3v) is 3.63. The van der Waals surface area contributed by atoms with Gasteiger partial charge in [-0.15, -0.1) is 0 Å². The van der Waals surface area contributed by atoms with Gasteiger partial charge in [-0.1, -0.05) is 18.2 Å². The topological polar surface area (TPSA) is 52.7 Å². The van der Waals surface area contributed by atoms with Crippen LogP contribution in [0.25, 0.3) is 0 Å². The van der Waals surface area contributed by atoms with E-state index in [4.69, 9.17) is 0 Å². The lowest BCUT2D eigenvalue weighted by molar-refractivity contribution is -0.131. The molecule has 0 atom stereocenters. The van der Waals surface area contributed by atoms with E-state index in [0.717, 1.165) is 0 Å². The highest BCUT2D eigenvalue weighted by atomic mass is 19.1. The van der Waals surface area contributed by atoms with Crippen molar-refractivity contribution >= 4 is 11.9 Å². The Labute approximate surface area is 130 Å². The molecule has 1 N–H and O–H groups in total. The third-order valence-electron chi connectivity index (χ3n) is 3.63. The van der Waals surface area contributed by atoms with Crippen LogP contribution in [0.2, 0.25) is 0 Å². The fraction of sp³-hybridized carbons (Fsp3) is 0.500. The molecule has 0 spiro atoms. The molecule has 1 saturated heterocycles. The summed E-state index contributed by atoms with van der Waals surface area (Å²) in [4.78, 5) is 27.5. The first-order valence-corrected chi connectivity index (χ1v) is 7.54. The average molecular weight is 307 g/mol. The van der Waals surface area contributed by atoms with Crippen molar-refractivity contribution in [2.24, 2.45) is 0 Å². The van der Waals surface area contributed by atoms with Crippen LogP contribution in [0, 0.1) is 5.82 Å². The third kappa shape index (κ3) is 4.19. The minimum Gasteiger partial charge on any atom is -0.339 e. The number of amides is 3. The van der Waals surface area contributed by atoms with Gasteiger partial charge in [0, 0.05) is 32.2 Å². The van der Waals surface area contributed by atoms with Crippen molar-refractivity contribution in [2.45, 2.75) is 26.3 Å². The second-order valence-electron chi connectivity index (χ2n) is 5.74. The fourth-order valence-electron chi connectivity index (χ4n) is 2.41. The van der Waals surface area contributed by atoms with Gasteiger partial charge in [0.25, 0.3) is 0 Å². The van der Waals surface area contributed by atoms with Crippen molar-refractivity contribution in [3.63, 3.8) is 0 Å². The number of benzene rings is 1. The number of rotatable bonds is 3. The molecule has 0 saturated carbocycles. The van der Waals surface area contributed by atoms with E-state index in [1.54, 1.807) is 28.0 Å². The Bertz CT molecular complexity index is 540. The van der Waals surface area contributed by atoms with Gasteiger partial charge < -0.3 is 15.1 Å². The highest BCUT2D eigenvalue weighted by Gasteiger charge is 2.24. The Hall–Kier alpha value is -2.11. The molecule has 1 aromatic rings. The van der Waals surface area contributed by atoms with Crippen LogP contribution >= 0.6 is 0 Å². The van der Waals surface area contributed by atoms with Crippen LogP contribution in [-0.2, 0) is 11.2 Å². The van der Waals surface area contributed by atoms with Crippen LogP contribution in [0.5, 0.6) is 0 Å². The molecule has 0 radical (unpaired) electrons. The van der Waals surface area contributed by atoms with Gasteiger partial charge in [0.1, 0.15) is 5.82 Å². The molecule has 0 bridgehead atoms. The minimum absolute atomic E-state index is 0.0604. The van der Waals surface area contributed by atoms with E-state index in [9.17, 15) is 14.0 Å². The molecular weight excluding hydrogens is 285 g/mol.